The molecule has 0 saturated heterocycles. The number of nitrogens with zero attached hydrogens (tertiary/aromatic N) is 1. The Bertz CT molecular complexity index is 235. The third-order valence-electron chi connectivity index (χ3n) is 1.31. The molecule has 0 unspecified atom stereocenters. The molecule has 5 nitrogen and oxygen atoms in total. The van der Waals surface area contributed by atoms with Gasteiger partial charge in [0.15, 0.2) is 5.70 Å². The fourth-order valence-electron chi connectivity index (χ4n) is 0.784. The van der Waals surface area contributed by atoms with Crippen molar-refractivity contribution in [1.82, 2.24) is 10.5 Å². The summed E-state index contributed by atoms with van der Waals surface area (Å²) in [5, 5.41) is 1.11. The molecular weight excluding hydrogens is 158 g/mol. The molecular formula is C7H11N3O2. The molecule has 0 aromatic carbocycles. The number of carbonyl (C=O) groups is 1. The number of hydrogen-bond acceptors (Lipinski definition) is 5. The molecule has 3 N–H and O–H groups in total. The van der Waals surface area contributed by atoms with Crippen LogP contribution in [0.4, 0.5) is 0 Å². The van der Waals surface area contributed by atoms with Gasteiger partial charge in [-0.05, 0) is 19.1 Å². The zero-order valence-electron chi connectivity index (χ0n) is 6.78. The Kier molecular flexibility index (Phi) is 2.71. The first-order valence-electron chi connectivity index (χ1n) is 3.60. The quantitative estimate of drug-likeness (QED) is 0.436. The van der Waals surface area contributed by atoms with Crippen LogP contribution in [0.2, 0.25) is 0 Å². The van der Waals surface area contributed by atoms with Crippen LogP contribution in [0.15, 0.2) is 24.0 Å². The third kappa shape index (κ3) is 1.76. The minimum Gasteiger partial charge on any atom is -0.461 e. The first kappa shape index (κ1) is 8.61. The summed E-state index contributed by atoms with van der Waals surface area (Å²) in [7, 11) is 0. The van der Waals surface area contributed by atoms with Crippen LogP contribution >= 0.6 is 0 Å². The van der Waals surface area contributed by atoms with Crippen LogP contribution < -0.4 is 11.3 Å². The summed E-state index contributed by atoms with van der Waals surface area (Å²) in [4.78, 5) is 11.1. The normalized spacial score (nSPS) is 15.2. The molecule has 0 amide bonds. The fourth-order valence-corrected chi connectivity index (χ4v) is 0.784. The van der Waals surface area contributed by atoms with Gasteiger partial charge in [0.1, 0.15) is 0 Å². The Balaban J connectivity index is 2.65. The van der Waals surface area contributed by atoms with Crippen molar-refractivity contribution in [2.45, 2.75) is 6.92 Å². The van der Waals surface area contributed by atoms with Crippen LogP contribution in [0.1, 0.15) is 6.92 Å². The minimum absolute atomic E-state index is 0.291. The molecule has 0 saturated carbocycles. The lowest BCUT2D eigenvalue weighted by Gasteiger charge is -2.21. The zero-order chi connectivity index (χ0) is 8.97. The molecule has 5 heteroatoms. The van der Waals surface area contributed by atoms with E-state index in [9.17, 15) is 4.79 Å². The predicted octanol–water partition coefficient (Wildman–Crippen LogP) is -0.359. The Hall–Kier alpha value is -1.49. The molecule has 0 bridgehead atoms. The van der Waals surface area contributed by atoms with E-state index in [1.165, 1.54) is 0 Å². The van der Waals surface area contributed by atoms with E-state index in [-0.39, 0.29) is 0 Å². The van der Waals surface area contributed by atoms with Crippen molar-refractivity contribution in [1.29, 1.82) is 0 Å². The average molecular weight is 169 g/mol. The molecule has 1 heterocycles. The highest BCUT2D eigenvalue weighted by Gasteiger charge is 2.16. The van der Waals surface area contributed by atoms with E-state index in [0.29, 0.717) is 12.3 Å². The van der Waals surface area contributed by atoms with Crippen molar-refractivity contribution in [3.63, 3.8) is 0 Å². The summed E-state index contributed by atoms with van der Waals surface area (Å²) in [6.07, 6.45) is 4.87. The second-order valence-electron chi connectivity index (χ2n) is 2.13. The molecule has 0 aromatic heterocycles. The molecule has 0 aliphatic carbocycles. The van der Waals surface area contributed by atoms with Gasteiger partial charge in [-0.15, -0.1) is 0 Å². The van der Waals surface area contributed by atoms with Crippen LogP contribution in [0.5, 0.6) is 0 Å². The second kappa shape index (κ2) is 3.77. The molecule has 0 radical (unpaired) electrons. The van der Waals surface area contributed by atoms with Gasteiger partial charge in [0, 0.05) is 6.20 Å². The molecule has 1 aliphatic heterocycles. The molecule has 66 valence electrons. The first-order valence-corrected chi connectivity index (χ1v) is 3.60. The van der Waals surface area contributed by atoms with Crippen molar-refractivity contribution in [2.75, 3.05) is 6.61 Å². The summed E-state index contributed by atoms with van der Waals surface area (Å²) < 4.78 is 4.75. The van der Waals surface area contributed by atoms with Crippen molar-refractivity contribution in [3.8, 4) is 0 Å². The number of hydrogen-bond donors (Lipinski definition) is 2. The number of nitrogens with one attached hydrogen (secondary N) is 1. The summed E-state index contributed by atoms with van der Waals surface area (Å²) in [5.74, 6) is 4.98. The summed E-state index contributed by atoms with van der Waals surface area (Å²) in [6, 6.07) is 0. The van der Waals surface area contributed by atoms with Crippen molar-refractivity contribution in [3.05, 3.63) is 24.0 Å². The maximum atomic E-state index is 11.1. The number of ether oxygens (including phenoxy) is 1. The minimum atomic E-state index is -0.433. The van der Waals surface area contributed by atoms with Gasteiger partial charge < -0.3 is 4.74 Å². The predicted molar refractivity (Wildman–Crippen MR) is 43.0 cm³/mol. The van der Waals surface area contributed by atoms with Gasteiger partial charge >= 0.3 is 5.97 Å². The number of carbonyl (C=O) groups excluding carboxylic acids is 1. The van der Waals surface area contributed by atoms with Crippen molar-refractivity contribution >= 4 is 5.97 Å². The highest BCUT2D eigenvalue weighted by molar-refractivity contribution is 5.88. The van der Waals surface area contributed by atoms with E-state index < -0.39 is 5.97 Å². The average Bonchev–Trinajstić information content (AvgIpc) is 2.05. The van der Waals surface area contributed by atoms with E-state index in [1.54, 1.807) is 25.3 Å². The summed E-state index contributed by atoms with van der Waals surface area (Å²) in [6.45, 7) is 2.08. The van der Waals surface area contributed by atoms with E-state index in [4.69, 9.17) is 10.6 Å². The van der Waals surface area contributed by atoms with E-state index in [0.717, 1.165) is 5.12 Å². The fraction of sp³-hybridized carbons (Fsp3) is 0.286. The Morgan fingerprint density at radius 3 is 3.17 bits per heavy atom. The van der Waals surface area contributed by atoms with Gasteiger partial charge in [-0.1, -0.05) is 0 Å². The first-order chi connectivity index (χ1) is 5.75. The molecule has 0 spiro atoms. The highest BCUT2D eigenvalue weighted by atomic mass is 16.5. The van der Waals surface area contributed by atoms with Gasteiger partial charge in [-0.3, -0.25) is 5.43 Å². The molecule has 0 fully saturated rings. The van der Waals surface area contributed by atoms with Crippen molar-refractivity contribution < 1.29 is 9.53 Å². The Morgan fingerprint density at radius 2 is 2.58 bits per heavy atom. The number of esters is 1. The van der Waals surface area contributed by atoms with Crippen LogP contribution in [0, 0.1) is 0 Å². The molecule has 12 heavy (non-hydrogen) atoms. The van der Waals surface area contributed by atoms with Crippen LogP contribution in [-0.2, 0) is 9.53 Å². The largest absolute Gasteiger partial charge is 0.461 e. The lowest BCUT2D eigenvalue weighted by atomic mass is 10.3. The number of hydrazine groups is 2. The molecule has 1 rings (SSSR count). The zero-order valence-corrected chi connectivity index (χ0v) is 6.78. The second-order valence-corrected chi connectivity index (χ2v) is 2.13. The number of rotatable bonds is 2. The van der Waals surface area contributed by atoms with Gasteiger partial charge in [-0.25, -0.2) is 15.8 Å². The molecule has 1 aliphatic rings. The maximum Gasteiger partial charge on any atom is 0.358 e. The summed E-state index contributed by atoms with van der Waals surface area (Å²) >= 11 is 0. The van der Waals surface area contributed by atoms with Crippen LogP contribution in [-0.4, -0.2) is 17.7 Å². The van der Waals surface area contributed by atoms with E-state index in [1.807, 2.05) is 0 Å². The third-order valence-corrected chi connectivity index (χ3v) is 1.31. The summed E-state index contributed by atoms with van der Waals surface area (Å²) in [5.41, 5.74) is 2.92. The SMILES string of the molecule is CCOC(=O)C1=CC=CNN1N. The standard InChI is InChI=1S/C7H11N3O2/c1-2-12-7(11)6-4-3-5-9-10(6)8/h3-5,9H,2,8H2,1H3. The van der Waals surface area contributed by atoms with Gasteiger partial charge in [0.2, 0.25) is 0 Å². The smallest absolute Gasteiger partial charge is 0.358 e. The topological polar surface area (TPSA) is 67.6 Å². The highest BCUT2D eigenvalue weighted by Crippen LogP contribution is 2.03. The molecule has 0 aromatic rings. The lowest BCUT2D eigenvalue weighted by molar-refractivity contribution is -0.140. The maximum absolute atomic E-state index is 11.1. The molecule has 0 atom stereocenters. The van der Waals surface area contributed by atoms with Gasteiger partial charge in [0.25, 0.3) is 0 Å². The van der Waals surface area contributed by atoms with Gasteiger partial charge in [-0.2, -0.15) is 0 Å². The van der Waals surface area contributed by atoms with Crippen LogP contribution in [0.25, 0.3) is 0 Å². The number of nitrogens with two attached hydrogens (primary N) is 1. The van der Waals surface area contributed by atoms with Crippen LogP contribution in [0.3, 0.4) is 0 Å². The Labute approximate surface area is 70.4 Å². The monoisotopic (exact) mass is 169 g/mol. The lowest BCUT2D eigenvalue weighted by Crippen LogP contribution is -2.43. The van der Waals surface area contributed by atoms with E-state index >= 15 is 0 Å². The van der Waals surface area contributed by atoms with Gasteiger partial charge in [0.05, 0.1) is 6.61 Å². The Morgan fingerprint density at radius 1 is 1.83 bits per heavy atom. The van der Waals surface area contributed by atoms with Crippen molar-refractivity contribution in [2.24, 2.45) is 5.84 Å². The number of allylic oxidation sites excluding steroid dienone is 2. The van der Waals surface area contributed by atoms with E-state index in [2.05, 4.69) is 5.43 Å².